The maximum atomic E-state index is 12.3. The van der Waals surface area contributed by atoms with E-state index in [0.29, 0.717) is 17.2 Å². The van der Waals surface area contributed by atoms with Crippen LogP contribution < -0.4 is 5.63 Å². The zero-order chi connectivity index (χ0) is 15.0. The quantitative estimate of drug-likeness (QED) is 0.665. The number of thiophene rings is 1. The number of nitrogens with zero attached hydrogens (tertiary/aromatic N) is 1. The number of hydrogen-bond donors (Lipinski definition) is 0. The molecule has 5 heteroatoms. The average molecular weight is 364 g/mol. The van der Waals surface area contributed by atoms with Gasteiger partial charge >= 0.3 is 5.63 Å². The molecular formula is C16H14BrNO2S. The number of hydrogen-bond acceptors (Lipinski definition) is 4. The predicted molar refractivity (Wildman–Crippen MR) is 89.8 cm³/mol. The second-order valence-electron chi connectivity index (χ2n) is 5.35. The lowest BCUT2D eigenvalue weighted by Gasteiger charge is -2.03. The Morgan fingerprint density at radius 3 is 2.67 bits per heavy atom. The maximum Gasteiger partial charge on any atom is 0.348 e. The topological polar surface area (TPSA) is 43.1 Å². The first kappa shape index (κ1) is 14.5. The van der Waals surface area contributed by atoms with Gasteiger partial charge in [-0.3, -0.25) is 0 Å². The third-order valence-corrected chi connectivity index (χ3v) is 4.61. The summed E-state index contributed by atoms with van der Waals surface area (Å²) >= 11 is 4.89. The molecule has 0 spiro atoms. The van der Waals surface area contributed by atoms with E-state index in [2.05, 4.69) is 34.8 Å². The molecule has 0 saturated carbocycles. The molecule has 2 aromatic heterocycles. The molecule has 0 aliphatic heterocycles. The van der Waals surface area contributed by atoms with Crippen LogP contribution in [-0.4, -0.2) is 4.98 Å². The molecule has 21 heavy (non-hydrogen) atoms. The monoisotopic (exact) mass is 363 g/mol. The van der Waals surface area contributed by atoms with Gasteiger partial charge in [-0.25, -0.2) is 9.78 Å². The normalized spacial score (nSPS) is 11.4. The van der Waals surface area contributed by atoms with Gasteiger partial charge < -0.3 is 4.42 Å². The molecule has 0 fully saturated rings. The molecule has 0 bridgehead atoms. The fraction of sp³-hybridized carbons (Fsp3) is 0.250. The number of benzene rings is 1. The molecule has 0 radical (unpaired) electrons. The molecule has 0 N–H and O–H groups in total. The molecule has 0 amide bonds. The highest BCUT2D eigenvalue weighted by atomic mass is 79.9. The molecule has 3 nitrogen and oxygen atoms in total. The Hall–Kier alpha value is -1.46. The highest BCUT2D eigenvalue weighted by Crippen LogP contribution is 2.27. The average Bonchev–Trinajstić information content (AvgIpc) is 2.82. The summed E-state index contributed by atoms with van der Waals surface area (Å²) in [6.07, 6.45) is 0.865. The second kappa shape index (κ2) is 5.73. The smallest absolute Gasteiger partial charge is 0.348 e. The number of rotatable bonds is 3. The Balaban J connectivity index is 2.12. The first-order valence-electron chi connectivity index (χ1n) is 6.71. The van der Waals surface area contributed by atoms with Crippen LogP contribution in [0.15, 0.2) is 43.3 Å². The molecule has 108 valence electrons. The highest BCUT2D eigenvalue weighted by Gasteiger charge is 2.14. The van der Waals surface area contributed by atoms with Crippen molar-refractivity contribution in [1.29, 1.82) is 0 Å². The summed E-state index contributed by atoms with van der Waals surface area (Å²) < 4.78 is 6.40. The summed E-state index contributed by atoms with van der Waals surface area (Å²) in [6, 6.07) is 7.56. The van der Waals surface area contributed by atoms with Crippen LogP contribution in [0.2, 0.25) is 0 Å². The second-order valence-corrected chi connectivity index (χ2v) is 7.13. The standard InChI is InChI=1S/C16H14BrNO2S/c1-9(2)7-11-8-21-15-13(11)16(19)20-14(18-15)10-3-5-12(17)6-4-10/h3-6,8-9H,7H2,1-2H3. The van der Waals surface area contributed by atoms with E-state index in [-0.39, 0.29) is 5.63 Å². The van der Waals surface area contributed by atoms with Gasteiger partial charge in [-0.05, 0) is 47.5 Å². The van der Waals surface area contributed by atoms with Gasteiger partial charge in [0.2, 0.25) is 5.89 Å². The predicted octanol–water partition coefficient (Wildman–Crippen LogP) is 4.88. The van der Waals surface area contributed by atoms with Crippen molar-refractivity contribution >= 4 is 37.5 Å². The van der Waals surface area contributed by atoms with Gasteiger partial charge in [-0.2, -0.15) is 0 Å². The fourth-order valence-electron chi connectivity index (χ4n) is 2.24. The minimum absolute atomic E-state index is 0.296. The van der Waals surface area contributed by atoms with E-state index in [1.165, 1.54) is 11.3 Å². The zero-order valence-electron chi connectivity index (χ0n) is 11.7. The third-order valence-electron chi connectivity index (χ3n) is 3.16. The molecule has 0 aliphatic rings. The van der Waals surface area contributed by atoms with Gasteiger partial charge in [0, 0.05) is 10.0 Å². The van der Waals surface area contributed by atoms with Gasteiger partial charge in [0.05, 0.1) is 0 Å². The molecule has 3 rings (SSSR count). The Kier molecular flexibility index (Phi) is 3.95. The number of aromatic nitrogens is 1. The van der Waals surface area contributed by atoms with Crippen LogP contribution in [0.4, 0.5) is 0 Å². The molecule has 1 aromatic carbocycles. The third kappa shape index (κ3) is 2.94. The van der Waals surface area contributed by atoms with Crippen LogP contribution >= 0.6 is 27.3 Å². The van der Waals surface area contributed by atoms with Crippen LogP contribution in [0, 0.1) is 5.92 Å². The summed E-state index contributed by atoms with van der Waals surface area (Å²) in [4.78, 5) is 17.5. The van der Waals surface area contributed by atoms with Crippen molar-refractivity contribution in [2.24, 2.45) is 5.92 Å². The summed E-state index contributed by atoms with van der Waals surface area (Å²) in [6.45, 7) is 4.27. The van der Waals surface area contributed by atoms with E-state index in [1.54, 1.807) is 0 Å². The van der Waals surface area contributed by atoms with Crippen molar-refractivity contribution in [1.82, 2.24) is 4.98 Å². The molecule has 2 heterocycles. The van der Waals surface area contributed by atoms with Crippen molar-refractivity contribution in [2.45, 2.75) is 20.3 Å². The van der Waals surface area contributed by atoms with Crippen molar-refractivity contribution in [3.8, 4) is 11.5 Å². The largest absolute Gasteiger partial charge is 0.403 e. The van der Waals surface area contributed by atoms with Gasteiger partial charge in [0.15, 0.2) is 0 Å². The SMILES string of the molecule is CC(C)Cc1csc2nc(-c3ccc(Br)cc3)oc(=O)c12. The minimum Gasteiger partial charge on any atom is -0.403 e. The molecule has 0 atom stereocenters. The van der Waals surface area contributed by atoms with Crippen LogP contribution in [0.25, 0.3) is 21.7 Å². The van der Waals surface area contributed by atoms with Crippen LogP contribution in [-0.2, 0) is 6.42 Å². The van der Waals surface area contributed by atoms with Gasteiger partial charge in [-0.1, -0.05) is 29.8 Å². The van der Waals surface area contributed by atoms with E-state index in [4.69, 9.17) is 4.42 Å². The molecule has 0 saturated heterocycles. The van der Waals surface area contributed by atoms with Crippen molar-refractivity contribution in [3.63, 3.8) is 0 Å². The zero-order valence-corrected chi connectivity index (χ0v) is 14.1. The van der Waals surface area contributed by atoms with Crippen LogP contribution in [0.3, 0.4) is 0 Å². The highest BCUT2D eigenvalue weighted by molar-refractivity contribution is 9.10. The lowest BCUT2D eigenvalue weighted by molar-refractivity contribution is 0.518. The van der Waals surface area contributed by atoms with E-state index >= 15 is 0 Å². The summed E-state index contributed by atoms with van der Waals surface area (Å²) in [7, 11) is 0. The first-order valence-corrected chi connectivity index (χ1v) is 8.39. The summed E-state index contributed by atoms with van der Waals surface area (Å²) in [5, 5.41) is 2.65. The maximum absolute atomic E-state index is 12.3. The van der Waals surface area contributed by atoms with Crippen molar-refractivity contribution in [3.05, 3.63) is 50.1 Å². The molecule has 0 aliphatic carbocycles. The van der Waals surface area contributed by atoms with Crippen molar-refractivity contribution in [2.75, 3.05) is 0 Å². The Morgan fingerprint density at radius 1 is 1.29 bits per heavy atom. The van der Waals surface area contributed by atoms with Gasteiger partial charge in [-0.15, -0.1) is 11.3 Å². The Labute approximate surface area is 134 Å². The fourth-order valence-corrected chi connectivity index (χ4v) is 3.44. The summed E-state index contributed by atoms with van der Waals surface area (Å²) in [5.74, 6) is 0.867. The minimum atomic E-state index is -0.296. The van der Waals surface area contributed by atoms with Crippen molar-refractivity contribution < 1.29 is 4.42 Å². The van der Waals surface area contributed by atoms with E-state index in [1.807, 2.05) is 29.6 Å². The van der Waals surface area contributed by atoms with Crippen LogP contribution in [0.1, 0.15) is 19.4 Å². The summed E-state index contributed by atoms with van der Waals surface area (Å²) in [5.41, 5.74) is 1.54. The molecular weight excluding hydrogens is 350 g/mol. The molecule has 0 unspecified atom stereocenters. The lowest BCUT2D eigenvalue weighted by atomic mass is 10.0. The van der Waals surface area contributed by atoms with E-state index < -0.39 is 0 Å². The lowest BCUT2D eigenvalue weighted by Crippen LogP contribution is -2.04. The molecule has 3 aromatic rings. The van der Waals surface area contributed by atoms with Gasteiger partial charge in [0.25, 0.3) is 0 Å². The van der Waals surface area contributed by atoms with Gasteiger partial charge in [0.1, 0.15) is 10.2 Å². The van der Waals surface area contributed by atoms with E-state index in [9.17, 15) is 4.79 Å². The number of fused-ring (bicyclic) bond motifs is 1. The van der Waals surface area contributed by atoms with Crippen LogP contribution in [0.5, 0.6) is 0 Å². The Morgan fingerprint density at radius 2 is 2.00 bits per heavy atom. The van der Waals surface area contributed by atoms with E-state index in [0.717, 1.165) is 26.9 Å². The first-order chi connectivity index (χ1) is 10.0. The number of halogens is 1. The Bertz CT molecular complexity index is 834.